The smallest absolute Gasteiger partial charge is 0.309 e. The van der Waals surface area contributed by atoms with Crippen LogP contribution in [0.15, 0.2) is 30.3 Å². The number of halogens is 1. The van der Waals surface area contributed by atoms with E-state index in [-0.39, 0.29) is 17.8 Å². The number of benzene rings is 1. The van der Waals surface area contributed by atoms with Crippen LogP contribution in [0.4, 0.5) is 0 Å². The molecule has 0 heterocycles. The maximum atomic E-state index is 11.7. The van der Waals surface area contributed by atoms with Crippen molar-refractivity contribution in [2.75, 3.05) is 0 Å². The van der Waals surface area contributed by atoms with E-state index in [0.29, 0.717) is 19.4 Å². The van der Waals surface area contributed by atoms with Crippen LogP contribution >= 0.6 is 11.6 Å². The average molecular weight is 269 g/mol. The van der Waals surface area contributed by atoms with Gasteiger partial charge in [-0.3, -0.25) is 4.79 Å². The van der Waals surface area contributed by atoms with Crippen LogP contribution in [0.2, 0.25) is 0 Å². The highest BCUT2D eigenvalue weighted by Crippen LogP contribution is 2.43. The molecule has 4 heteroatoms. The fourth-order valence-corrected chi connectivity index (χ4v) is 2.27. The molecule has 0 amide bonds. The summed E-state index contributed by atoms with van der Waals surface area (Å²) in [6.07, 6.45) is 1.20. The fourth-order valence-electron chi connectivity index (χ4n) is 2.09. The normalized spacial score (nSPS) is 25.9. The molecule has 1 N–H and O–H groups in total. The maximum Gasteiger partial charge on any atom is 0.309 e. The molecule has 1 saturated carbocycles. The zero-order valence-corrected chi connectivity index (χ0v) is 11.1. The van der Waals surface area contributed by atoms with Crippen LogP contribution in [0.1, 0.15) is 25.3 Å². The van der Waals surface area contributed by atoms with Gasteiger partial charge in [0.2, 0.25) is 0 Å². The van der Waals surface area contributed by atoms with E-state index in [0.717, 1.165) is 5.56 Å². The van der Waals surface area contributed by atoms with Gasteiger partial charge in [-0.2, -0.15) is 0 Å². The van der Waals surface area contributed by atoms with Crippen molar-refractivity contribution < 1.29 is 14.6 Å². The number of carbonyl (C=O) groups excluding carboxylic acids is 1. The summed E-state index contributed by atoms with van der Waals surface area (Å²) in [4.78, 5) is 11.7. The van der Waals surface area contributed by atoms with Crippen molar-refractivity contribution in [1.82, 2.24) is 0 Å². The second-order valence-electron chi connectivity index (χ2n) is 4.98. The Morgan fingerprint density at radius 1 is 1.44 bits per heavy atom. The summed E-state index contributed by atoms with van der Waals surface area (Å²) in [5, 5.41) is 8.35. The minimum absolute atomic E-state index is 0.0200. The molecule has 0 spiro atoms. The summed E-state index contributed by atoms with van der Waals surface area (Å²) >= 11 is 5.78. The van der Waals surface area contributed by atoms with Gasteiger partial charge in [-0.05, 0) is 25.3 Å². The molecule has 0 saturated heterocycles. The topological polar surface area (TPSA) is 46.5 Å². The van der Waals surface area contributed by atoms with E-state index < -0.39 is 5.06 Å². The van der Waals surface area contributed by atoms with Gasteiger partial charge in [0.1, 0.15) is 11.7 Å². The molecule has 1 atom stereocenters. The lowest BCUT2D eigenvalue weighted by Crippen LogP contribution is -2.42. The first-order valence-corrected chi connectivity index (χ1v) is 6.46. The Balaban J connectivity index is 1.75. The van der Waals surface area contributed by atoms with Crippen LogP contribution in [0.5, 0.6) is 0 Å². The van der Waals surface area contributed by atoms with E-state index in [4.69, 9.17) is 16.3 Å². The molecule has 98 valence electrons. The van der Waals surface area contributed by atoms with Gasteiger partial charge in [0, 0.05) is 5.92 Å². The highest BCUT2D eigenvalue weighted by Gasteiger charge is 2.44. The summed E-state index contributed by atoms with van der Waals surface area (Å²) < 4.78 is 5.23. The lowest BCUT2D eigenvalue weighted by molar-refractivity contribution is -0.157. The zero-order valence-electron chi connectivity index (χ0n) is 10.3. The Morgan fingerprint density at radius 3 is 2.61 bits per heavy atom. The van der Waals surface area contributed by atoms with Crippen molar-refractivity contribution in [2.24, 2.45) is 11.8 Å². The first kappa shape index (κ1) is 13.4. The number of hydrogen-bond acceptors (Lipinski definition) is 3. The molecule has 18 heavy (non-hydrogen) atoms. The van der Waals surface area contributed by atoms with Crippen molar-refractivity contribution in [3.05, 3.63) is 35.9 Å². The van der Waals surface area contributed by atoms with E-state index in [9.17, 15) is 9.90 Å². The molecule has 1 fully saturated rings. The molecule has 1 aromatic carbocycles. The zero-order chi connectivity index (χ0) is 13.2. The Hall–Kier alpha value is -1.06. The van der Waals surface area contributed by atoms with Crippen LogP contribution in [0.3, 0.4) is 0 Å². The average Bonchev–Trinajstić information content (AvgIpc) is 2.24. The Kier molecular flexibility index (Phi) is 3.93. The van der Waals surface area contributed by atoms with Crippen LogP contribution < -0.4 is 0 Å². The third-order valence-corrected chi connectivity index (χ3v) is 3.75. The highest BCUT2D eigenvalue weighted by molar-refractivity contribution is 6.22. The predicted octanol–water partition coefficient (Wildman–Crippen LogP) is 2.70. The van der Waals surface area contributed by atoms with Crippen LogP contribution in [0.25, 0.3) is 0 Å². The van der Waals surface area contributed by atoms with Gasteiger partial charge in [-0.25, -0.2) is 0 Å². The summed E-state index contributed by atoms with van der Waals surface area (Å²) in [5.41, 5.74) is 0.978. The van der Waals surface area contributed by atoms with Crippen LogP contribution in [0, 0.1) is 11.8 Å². The number of aliphatic hydroxyl groups is 1. The quantitative estimate of drug-likeness (QED) is 0.675. The van der Waals surface area contributed by atoms with Gasteiger partial charge < -0.3 is 9.84 Å². The fraction of sp³-hybridized carbons (Fsp3) is 0.500. The van der Waals surface area contributed by atoms with Gasteiger partial charge >= 0.3 is 5.97 Å². The molecular weight excluding hydrogens is 252 g/mol. The largest absolute Gasteiger partial charge is 0.461 e. The first-order valence-electron chi connectivity index (χ1n) is 6.08. The first-order chi connectivity index (χ1) is 8.47. The van der Waals surface area contributed by atoms with Gasteiger partial charge in [0.05, 0.1) is 5.92 Å². The van der Waals surface area contributed by atoms with Gasteiger partial charge in [0.15, 0.2) is 0 Å². The molecule has 1 aliphatic carbocycles. The summed E-state index contributed by atoms with van der Waals surface area (Å²) in [6, 6.07) is 9.58. The van der Waals surface area contributed by atoms with E-state index in [1.165, 1.54) is 0 Å². The van der Waals surface area contributed by atoms with E-state index in [2.05, 4.69) is 0 Å². The molecule has 0 radical (unpaired) electrons. The number of ether oxygens (including phenoxy) is 1. The molecule has 0 aliphatic heterocycles. The van der Waals surface area contributed by atoms with Gasteiger partial charge in [-0.1, -0.05) is 41.9 Å². The van der Waals surface area contributed by atoms with E-state index in [1.807, 2.05) is 30.3 Å². The standard InChI is InChI=1S/C14H17ClO3/c1-14(15,17)12-7-11(8-12)13(16)18-9-10-5-3-2-4-6-10/h2-6,11-12,17H,7-9H2,1H3. The Morgan fingerprint density at radius 2 is 2.06 bits per heavy atom. The third kappa shape index (κ3) is 3.24. The summed E-state index contributed by atoms with van der Waals surface area (Å²) in [5.74, 6) is -0.339. The molecule has 1 aromatic rings. The molecule has 1 unspecified atom stereocenters. The van der Waals surface area contributed by atoms with Crippen molar-refractivity contribution in [3.63, 3.8) is 0 Å². The van der Waals surface area contributed by atoms with Crippen molar-refractivity contribution >= 4 is 17.6 Å². The summed E-state index contributed by atoms with van der Waals surface area (Å²) in [7, 11) is 0. The van der Waals surface area contributed by atoms with E-state index >= 15 is 0 Å². The molecule has 0 bridgehead atoms. The molecule has 2 rings (SSSR count). The minimum atomic E-state index is -1.21. The number of hydrogen-bond donors (Lipinski definition) is 1. The van der Waals surface area contributed by atoms with Crippen LogP contribution in [-0.2, 0) is 16.1 Å². The lowest BCUT2D eigenvalue weighted by atomic mass is 9.72. The SMILES string of the molecule is CC(O)(Cl)C1CC(C(=O)OCc2ccccc2)C1. The number of esters is 1. The minimum Gasteiger partial charge on any atom is -0.461 e. The van der Waals surface area contributed by atoms with Gasteiger partial charge in [-0.15, -0.1) is 0 Å². The Labute approximate surface area is 112 Å². The van der Waals surface area contributed by atoms with Crippen molar-refractivity contribution in [1.29, 1.82) is 0 Å². The Bertz CT molecular complexity index is 405. The third-order valence-electron chi connectivity index (χ3n) is 3.44. The van der Waals surface area contributed by atoms with Crippen LogP contribution in [-0.4, -0.2) is 16.1 Å². The second-order valence-corrected chi connectivity index (χ2v) is 5.75. The maximum absolute atomic E-state index is 11.7. The summed E-state index contributed by atoms with van der Waals surface area (Å²) in [6.45, 7) is 1.86. The molecule has 0 aromatic heterocycles. The molecule has 3 nitrogen and oxygen atoms in total. The second kappa shape index (κ2) is 5.29. The van der Waals surface area contributed by atoms with Gasteiger partial charge in [0.25, 0.3) is 0 Å². The number of rotatable bonds is 4. The predicted molar refractivity (Wildman–Crippen MR) is 68.9 cm³/mol. The lowest BCUT2D eigenvalue weighted by Gasteiger charge is -2.39. The van der Waals surface area contributed by atoms with E-state index in [1.54, 1.807) is 6.92 Å². The molecular formula is C14H17ClO3. The van der Waals surface area contributed by atoms with Crippen molar-refractivity contribution in [3.8, 4) is 0 Å². The molecule has 1 aliphatic rings. The van der Waals surface area contributed by atoms with Crippen molar-refractivity contribution in [2.45, 2.75) is 31.4 Å². The highest BCUT2D eigenvalue weighted by atomic mass is 35.5. The monoisotopic (exact) mass is 268 g/mol. The number of carbonyl (C=O) groups is 1. The number of alkyl halides is 1.